The lowest BCUT2D eigenvalue weighted by molar-refractivity contribution is 0.582. The van der Waals surface area contributed by atoms with Crippen molar-refractivity contribution in [2.24, 2.45) is 0 Å². The second-order valence-electron chi connectivity index (χ2n) is 4.20. The van der Waals surface area contributed by atoms with Crippen molar-refractivity contribution in [2.75, 3.05) is 7.05 Å². The molecule has 1 aromatic heterocycles. The molecule has 2 N–H and O–H groups in total. The average Bonchev–Trinajstić information content (AvgIpc) is 2.84. The summed E-state index contributed by atoms with van der Waals surface area (Å²) in [7, 11) is -1.64. The van der Waals surface area contributed by atoms with Crippen LogP contribution in [0.1, 0.15) is 10.4 Å². The quantitative estimate of drug-likeness (QED) is 0.856. The van der Waals surface area contributed by atoms with E-state index in [4.69, 9.17) is 11.6 Å². The van der Waals surface area contributed by atoms with Crippen LogP contribution in [-0.2, 0) is 23.1 Å². The molecule has 7 heteroatoms. The fraction of sp³-hybridized carbons (Fsp3) is 0.231. The molecule has 1 aromatic carbocycles. The van der Waals surface area contributed by atoms with E-state index in [0.29, 0.717) is 10.9 Å². The Hall–Kier alpha value is -0.920. The molecular weight excluding hydrogens is 316 g/mol. The third-order valence-corrected chi connectivity index (χ3v) is 5.33. The van der Waals surface area contributed by atoms with Gasteiger partial charge in [-0.2, -0.15) is 0 Å². The number of hydrogen-bond acceptors (Lipinski definition) is 4. The van der Waals surface area contributed by atoms with E-state index >= 15 is 0 Å². The monoisotopic (exact) mass is 330 g/mol. The Morgan fingerprint density at radius 3 is 2.35 bits per heavy atom. The first-order valence-electron chi connectivity index (χ1n) is 5.99. The molecule has 2 aromatic rings. The number of benzene rings is 1. The van der Waals surface area contributed by atoms with E-state index in [1.54, 1.807) is 30.3 Å². The Balaban J connectivity index is 2.05. The number of halogens is 1. The molecule has 0 fully saturated rings. The first-order chi connectivity index (χ1) is 9.51. The predicted octanol–water partition coefficient (Wildman–Crippen LogP) is 2.60. The van der Waals surface area contributed by atoms with Gasteiger partial charge < -0.3 is 5.32 Å². The van der Waals surface area contributed by atoms with Crippen LogP contribution in [0.5, 0.6) is 0 Å². The molecule has 0 unspecified atom stereocenters. The maximum atomic E-state index is 12.1. The molecule has 0 saturated carbocycles. The van der Waals surface area contributed by atoms with Crippen LogP contribution < -0.4 is 10.0 Å². The Bertz CT molecular complexity index is 666. The zero-order valence-corrected chi connectivity index (χ0v) is 13.3. The van der Waals surface area contributed by atoms with E-state index in [2.05, 4.69) is 10.0 Å². The number of thiophene rings is 1. The zero-order chi connectivity index (χ0) is 14.6. The summed E-state index contributed by atoms with van der Waals surface area (Å²) in [6.45, 7) is 0.958. The van der Waals surface area contributed by atoms with Crippen LogP contribution in [0.2, 0.25) is 4.34 Å². The zero-order valence-electron chi connectivity index (χ0n) is 10.9. The molecule has 108 valence electrons. The van der Waals surface area contributed by atoms with Gasteiger partial charge in [-0.25, -0.2) is 13.1 Å². The van der Waals surface area contributed by atoms with Gasteiger partial charge in [-0.05, 0) is 36.9 Å². The number of rotatable bonds is 6. The minimum absolute atomic E-state index is 0.248. The van der Waals surface area contributed by atoms with Crippen LogP contribution in [0, 0.1) is 0 Å². The van der Waals surface area contributed by atoms with Crippen LogP contribution in [-0.4, -0.2) is 15.5 Å². The van der Waals surface area contributed by atoms with Gasteiger partial charge in [0, 0.05) is 18.0 Å². The molecule has 0 bridgehead atoms. The van der Waals surface area contributed by atoms with Gasteiger partial charge in [0.2, 0.25) is 10.0 Å². The predicted molar refractivity (Wildman–Crippen MR) is 82.6 cm³/mol. The van der Waals surface area contributed by atoms with Crippen molar-refractivity contribution in [1.82, 2.24) is 10.0 Å². The van der Waals surface area contributed by atoms with Crippen LogP contribution in [0.25, 0.3) is 0 Å². The Labute approximate surface area is 127 Å². The first-order valence-corrected chi connectivity index (χ1v) is 8.66. The molecular formula is C13H15ClN2O2S2. The van der Waals surface area contributed by atoms with Gasteiger partial charge in [-0.3, -0.25) is 0 Å². The lowest BCUT2D eigenvalue weighted by Crippen LogP contribution is -2.22. The minimum atomic E-state index is -3.49. The summed E-state index contributed by atoms with van der Waals surface area (Å²) in [6, 6.07) is 10.4. The summed E-state index contributed by atoms with van der Waals surface area (Å²) in [5, 5.41) is 3.01. The molecule has 0 amide bonds. The fourth-order valence-electron chi connectivity index (χ4n) is 1.69. The van der Waals surface area contributed by atoms with E-state index < -0.39 is 10.0 Å². The lowest BCUT2D eigenvalue weighted by Gasteiger charge is -2.07. The van der Waals surface area contributed by atoms with Crippen LogP contribution in [0.4, 0.5) is 0 Å². The van der Waals surface area contributed by atoms with Crippen molar-refractivity contribution in [3.8, 4) is 0 Å². The maximum Gasteiger partial charge on any atom is 0.240 e. The summed E-state index contributed by atoms with van der Waals surface area (Å²) in [5.41, 5.74) is 1.04. The Morgan fingerprint density at radius 1 is 1.10 bits per heavy atom. The molecule has 20 heavy (non-hydrogen) atoms. The van der Waals surface area contributed by atoms with Gasteiger partial charge in [0.15, 0.2) is 0 Å². The smallest absolute Gasteiger partial charge is 0.240 e. The molecule has 0 aliphatic carbocycles. The summed E-state index contributed by atoms with van der Waals surface area (Å²) in [6.07, 6.45) is 0. The van der Waals surface area contributed by atoms with Gasteiger partial charge >= 0.3 is 0 Å². The van der Waals surface area contributed by atoms with Gasteiger partial charge in [0.05, 0.1) is 9.23 Å². The van der Waals surface area contributed by atoms with E-state index in [0.717, 1.165) is 10.4 Å². The third kappa shape index (κ3) is 4.04. The third-order valence-electron chi connectivity index (χ3n) is 2.68. The number of nitrogens with one attached hydrogen (secondary N) is 2. The molecule has 0 radical (unpaired) electrons. The van der Waals surface area contributed by atoms with Crippen LogP contribution in [0.15, 0.2) is 41.3 Å². The van der Waals surface area contributed by atoms with Crippen LogP contribution in [0.3, 0.4) is 0 Å². The van der Waals surface area contributed by atoms with Gasteiger partial charge in [-0.15, -0.1) is 11.3 Å². The van der Waals surface area contributed by atoms with Gasteiger partial charge in [0.1, 0.15) is 0 Å². The van der Waals surface area contributed by atoms with Gasteiger partial charge in [0.25, 0.3) is 0 Å². The lowest BCUT2D eigenvalue weighted by atomic mass is 10.2. The Morgan fingerprint density at radius 2 is 1.80 bits per heavy atom. The minimum Gasteiger partial charge on any atom is -0.316 e. The fourth-order valence-corrected chi connectivity index (χ4v) is 3.81. The molecule has 0 aliphatic heterocycles. The first kappa shape index (κ1) is 15.5. The van der Waals surface area contributed by atoms with E-state index in [1.165, 1.54) is 11.3 Å². The highest BCUT2D eigenvalue weighted by molar-refractivity contribution is 7.89. The molecule has 4 nitrogen and oxygen atoms in total. The van der Waals surface area contributed by atoms with E-state index in [9.17, 15) is 8.42 Å². The highest BCUT2D eigenvalue weighted by Crippen LogP contribution is 2.21. The number of sulfonamides is 1. The molecule has 1 heterocycles. The summed E-state index contributed by atoms with van der Waals surface area (Å²) >= 11 is 7.17. The second kappa shape index (κ2) is 6.69. The maximum absolute atomic E-state index is 12.1. The topological polar surface area (TPSA) is 58.2 Å². The van der Waals surface area contributed by atoms with Crippen molar-refractivity contribution in [3.05, 3.63) is 51.2 Å². The SMILES string of the molecule is CNCc1ccc(S(=O)(=O)NCc2ccc(Cl)s2)cc1. The highest BCUT2D eigenvalue weighted by atomic mass is 35.5. The van der Waals surface area contributed by atoms with Crippen molar-refractivity contribution >= 4 is 33.0 Å². The molecule has 0 aliphatic rings. The summed E-state index contributed by atoms with van der Waals surface area (Å²) in [4.78, 5) is 1.14. The average molecular weight is 331 g/mol. The normalized spacial score (nSPS) is 11.7. The highest BCUT2D eigenvalue weighted by Gasteiger charge is 2.13. The molecule has 2 rings (SSSR count). The standard InChI is InChI=1S/C13H15ClN2O2S2/c1-15-8-10-2-5-12(6-3-10)20(17,18)16-9-11-4-7-13(14)19-11/h2-7,15-16H,8-9H2,1H3. The van der Waals surface area contributed by atoms with Crippen LogP contribution >= 0.6 is 22.9 Å². The Kier molecular flexibility index (Phi) is 5.17. The molecule has 0 spiro atoms. The van der Waals surface area contributed by atoms with Crippen molar-refractivity contribution in [3.63, 3.8) is 0 Å². The molecule has 0 saturated heterocycles. The largest absolute Gasteiger partial charge is 0.316 e. The second-order valence-corrected chi connectivity index (χ2v) is 7.77. The van der Waals surface area contributed by atoms with Crippen molar-refractivity contribution in [2.45, 2.75) is 18.0 Å². The van der Waals surface area contributed by atoms with Crippen molar-refractivity contribution in [1.29, 1.82) is 0 Å². The summed E-state index contributed by atoms with van der Waals surface area (Å²) < 4.78 is 27.5. The van der Waals surface area contributed by atoms with Gasteiger partial charge in [-0.1, -0.05) is 23.7 Å². The molecule has 0 atom stereocenters. The van der Waals surface area contributed by atoms with E-state index in [-0.39, 0.29) is 11.4 Å². The number of hydrogen-bond donors (Lipinski definition) is 2. The van der Waals surface area contributed by atoms with E-state index in [1.807, 2.05) is 13.1 Å². The van der Waals surface area contributed by atoms with Crippen molar-refractivity contribution < 1.29 is 8.42 Å². The summed E-state index contributed by atoms with van der Waals surface area (Å²) in [5.74, 6) is 0.